The van der Waals surface area contributed by atoms with E-state index in [2.05, 4.69) is 67.3 Å². The number of nitrogens with one attached hydrogen (secondary N) is 1. The fraction of sp³-hybridized carbons (Fsp3) is 0.488. The van der Waals surface area contributed by atoms with Gasteiger partial charge in [-0.3, -0.25) is 19.0 Å². The maximum absolute atomic E-state index is 14.6. The van der Waals surface area contributed by atoms with Gasteiger partial charge in [-0.2, -0.15) is 5.10 Å². The standard InChI is InChI=1S/C41H49N5O4S/c1-23(2)46-38(36(25(5)42-46)41(48)44-21-32-19-30(44)22-50-32)29-16-28-17-31(49-6)13-15-33(28)39-37(26-10-8-7-9-11-26)34-14-12-27(18-35(34)45(39)20-29)40(47)43-51-24(3)4/h12-18,23-24,26,30,32H,7-11,19-22H2,1-6H3,(H,43,47). The van der Waals surface area contributed by atoms with Crippen LogP contribution in [-0.2, 0) is 11.3 Å². The minimum atomic E-state index is -0.0924. The summed E-state index contributed by atoms with van der Waals surface area (Å²) in [5.74, 6) is 1.14. The van der Waals surface area contributed by atoms with Crippen LogP contribution >= 0.6 is 11.9 Å². The van der Waals surface area contributed by atoms with Crippen LogP contribution in [0.2, 0.25) is 0 Å². The van der Waals surface area contributed by atoms with Crippen molar-refractivity contribution < 1.29 is 19.1 Å². The summed E-state index contributed by atoms with van der Waals surface area (Å²) in [6.45, 7) is 12.1. The smallest absolute Gasteiger partial charge is 0.261 e. The second-order valence-corrected chi connectivity index (χ2v) is 16.7. The molecule has 2 aromatic carbocycles. The number of carbonyl (C=O) groups excluding carboxylic acids is 2. The summed E-state index contributed by atoms with van der Waals surface area (Å²) in [5, 5.41) is 6.51. The molecule has 4 aliphatic rings. The van der Waals surface area contributed by atoms with E-state index >= 15 is 0 Å². The van der Waals surface area contributed by atoms with Gasteiger partial charge < -0.3 is 18.9 Å². The Morgan fingerprint density at radius 3 is 2.53 bits per heavy atom. The fourth-order valence-corrected chi connectivity index (χ4v) is 9.29. The van der Waals surface area contributed by atoms with E-state index in [4.69, 9.17) is 14.6 Å². The van der Waals surface area contributed by atoms with Crippen LogP contribution in [0.25, 0.3) is 33.8 Å². The number of aryl methyl sites for hydroxylation is 1. The summed E-state index contributed by atoms with van der Waals surface area (Å²) in [6, 6.07) is 12.7. The second-order valence-electron chi connectivity index (χ2n) is 15.3. The van der Waals surface area contributed by atoms with Crippen molar-refractivity contribution >= 4 is 46.3 Å². The Morgan fingerprint density at radius 1 is 1.04 bits per heavy atom. The van der Waals surface area contributed by atoms with Gasteiger partial charge in [0, 0.05) is 39.9 Å². The number of aromatic nitrogens is 3. The minimum absolute atomic E-state index is 0.0278. The van der Waals surface area contributed by atoms with E-state index in [1.165, 1.54) is 47.9 Å². The van der Waals surface area contributed by atoms with E-state index < -0.39 is 0 Å². The number of ether oxygens (including phenoxy) is 2. The van der Waals surface area contributed by atoms with Crippen LogP contribution in [0.5, 0.6) is 5.75 Å². The molecule has 2 atom stereocenters. The Bertz CT molecular complexity index is 2050. The maximum atomic E-state index is 14.6. The molecule has 8 rings (SSSR count). The van der Waals surface area contributed by atoms with Gasteiger partial charge in [0.1, 0.15) is 5.75 Å². The van der Waals surface area contributed by atoms with Crippen LogP contribution in [-0.4, -0.2) is 68.7 Å². The molecule has 3 aliphatic heterocycles. The zero-order chi connectivity index (χ0) is 35.6. The molecule has 2 aromatic heterocycles. The molecule has 1 saturated carbocycles. The minimum Gasteiger partial charge on any atom is -0.497 e. The van der Waals surface area contributed by atoms with Crippen LogP contribution in [0, 0.1) is 6.92 Å². The Morgan fingerprint density at radius 2 is 1.84 bits per heavy atom. The van der Waals surface area contributed by atoms with Crippen LogP contribution in [0.4, 0.5) is 0 Å². The molecular weight excluding hydrogens is 659 g/mol. The molecule has 1 N–H and O–H groups in total. The van der Waals surface area contributed by atoms with E-state index in [0.717, 1.165) is 58.6 Å². The summed E-state index contributed by atoms with van der Waals surface area (Å²) in [4.78, 5) is 30.1. The summed E-state index contributed by atoms with van der Waals surface area (Å²) in [5.41, 5.74) is 9.72. The fourth-order valence-electron chi connectivity index (χ4n) is 8.83. The van der Waals surface area contributed by atoms with E-state index in [1.807, 2.05) is 28.6 Å². The molecule has 2 amide bonds. The van der Waals surface area contributed by atoms with Gasteiger partial charge in [0.15, 0.2) is 0 Å². The molecule has 3 fully saturated rings. The first kappa shape index (κ1) is 34.1. The highest BCUT2D eigenvalue weighted by molar-refractivity contribution is 7.98. The third kappa shape index (κ3) is 5.98. The number of hydrogen-bond donors (Lipinski definition) is 1. The van der Waals surface area contributed by atoms with E-state index in [0.29, 0.717) is 36.7 Å². The molecule has 0 spiro atoms. The summed E-state index contributed by atoms with van der Waals surface area (Å²) in [7, 11) is 1.71. The summed E-state index contributed by atoms with van der Waals surface area (Å²) < 4.78 is 19.2. The molecular formula is C41H49N5O4S. The monoisotopic (exact) mass is 707 g/mol. The van der Waals surface area contributed by atoms with Crippen molar-refractivity contribution in [2.75, 3.05) is 20.3 Å². The van der Waals surface area contributed by atoms with Gasteiger partial charge in [0.25, 0.3) is 11.8 Å². The maximum Gasteiger partial charge on any atom is 0.261 e. The van der Waals surface area contributed by atoms with Crippen molar-refractivity contribution in [1.82, 2.24) is 24.0 Å². The molecule has 10 heteroatoms. The van der Waals surface area contributed by atoms with Gasteiger partial charge in [-0.05, 0) is 111 Å². The lowest BCUT2D eigenvalue weighted by molar-refractivity contribution is 0.0258. The number of carbonyl (C=O) groups is 2. The predicted molar refractivity (Wildman–Crippen MR) is 204 cm³/mol. The topological polar surface area (TPSA) is 90.6 Å². The van der Waals surface area contributed by atoms with Gasteiger partial charge in [-0.25, -0.2) is 0 Å². The number of fused-ring (bicyclic) bond motifs is 7. The van der Waals surface area contributed by atoms with Crippen LogP contribution < -0.4 is 9.46 Å². The van der Waals surface area contributed by atoms with Gasteiger partial charge in [-0.1, -0.05) is 39.2 Å². The number of methoxy groups -OCH3 is 1. The van der Waals surface area contributed by atoms with Crippen molar-refractivity contribution in [2.24, 2.45) is 0 Å². The first-order valence-electron chi connectivity index (χ1n) is 18.7. The number of benzene rings is 2. The Hall–Kier alpha value is -4.02. The number of allylic oxidation sites excluding steroid dienone is 1. The number of amides is 2. The van der Waals surface area contributed by atoms with Crippen molar-refractivity contribution in [1.29, 1.82) is 0 Å². The SMILES string of the molecule is COc1ccc2c(c1)C=C(c1c(C(=O)N3CC4CC3CO4)c(C)nn1C(C)C)Cn1c-2c(C2CCCCC2)c2ccc(C(=O)NSC(C)C)cc21. The molecule has 2 unspecified atom stereocenters. The Kier molecular flexibility index (Phi) is 9.03. The van der Waals surface area contributed by atoms with Crippen molar-refractivity contribution in [3.8, 4) is 17.0 Å². The number of rotatable bonds is 8. The molecule has 2 saturated heterocycles. The lowest BCUT2D eigenvalue weighted by atomic mass is 9.81. The molecule has 9 nitrogen and oxygen atoms in total. The first-order chi connectivity index (χ1) is 24.6. The third-order valence-electron chi connectivity index (χ3n) is 11.2. The third-order valence-corrected chi connectivity index (χ3v) is 12.0. The van der Waals surface area contributed by atoms with E-state index in [-0.39, 0.29) is 35.3 Å². The quantitative estimate of drug-likeness (QED) is 0.185. The molecule has 51 heavy (non-hydrogen) atoms. The number of hydrogen-bond acceptors (Lipinski definition) is 6. The Balaban J connectivity index is 1.36. The average molecular weight is 708 g/mol. The lowest BCUT2D eigenvalue weighted by Gasteiger charge is -2.27. The molecule has 2 bridgehead atoms. The summed E-state index contributed by atoms with van der Waals surface area (Å²) >= 11 is 1.44. The van der Waals surface area contributed by atoms with E-state index in [9.17, 15) is 9.59 Å². The largest absolute Gasteiger partial charge is 0.497 e. The van der Waals surface area contributed by atoms with E-state index in [1.54, 1.807) is 7.11 Å². The van der Waals surface area contributed by atoms with Gasteiger partial charge in [0.2, 0.25) is 0 Å². The van der Waals surface area contributed by atoms with Gasteiger partial charge in [-0.15, -0.1) is 0 Å². The van der Waals surface area contributed by atoms with Gasteiger partial charge >= 0.3 is 0 Å². The predicted octanol–water partition coefficient (Wildman–Crippen LogP) is 8.40. The molecule has 5 heterocycles. The zero-order valence-electron chi connectivity index (χ0n) is 30.6. The lowest BCUT2D eigenvalue weighted by Crippen LogP contribution is -2.42. The van der Waals surface area contributed by atoms with Crippen LogP contribution in [0.15, 0.2) is 36.4 Å². The highest BCUT2D eigenvalue weighted by atomic mass is 32.2. The van der Waals surface area contributed by atoms with Crippen molar-refractivity contribution in [3.05, 3.63) is 70.0 Å². The number of likely N-dealkylation sites (tertiary alicyclic amines) is 1. The number of morpholine rings is 1. The average Bonchev–Trinajstić information content (AvgIpc) is 3.90. The van der Waals surface area contributed by atoms with Crippen molar-refractivity contribution in [3.63, 3.8) is 0 Å². The first-order valence-corrected chi connectivity index (χ1v) is 19.5. The van der Waals surface area contributed by atoms with Crippen LogP contribution in [0.3, 0.4) is 0 Å². The molecule has 268 valence electrons. The van der Waals surface area contributed by atoms with Gasteiger partial charge in [0.05, 0.1) is 55.1 Å². The zero-order valence-corrected chi connectivity index (χ0v) is 31.4. The molecule has 0 radical (unpaired) electrons. The molecule has 4 aromatic rings. The number of nitrogens with zero attached hydrogens (tertiary/aromatic N) is 4. The second kappa shape index (κ2) is 13.5. The normalized spacial score (nSPS) is 20.2. The van der Waals surface area contributed by atoms with Crippen molar-refractivity contribution in [2.45, 2.75) is 109 Å². The molecule has 1 aliphatic carbocycles. The Labute approximate surface area is 304 Å². The van der Waals surface area contributed by atoms with Crippen LogP contribution in [0.1, 0.15) is 121 Å². The highest BCUT2D eigenvalue weighted by Gasteiger charge is 2.43. The summed E-state index contributed by atoms with van der Waals surface area (Å²) in [6.07, 6.45) is 9.23. The highest BCUT2D eigenvalue weighted by Crippen LogP contribution is 2.48.